The number of pyridine rings is 2. The molecular weight excluding hydrogens is 1680 g/mol. The number of hydrogen-bond acceptors (Lipinski definition) is 8. The summed E-state index contributed by atoms with van der Waals surface area (Å²) in [5, 5.41) is 9.87. The monoisotopic (exact) mass is 1810 g/mol. The van der Waals surface area contributed by atoms with Gasteiger partial charge >= 0.3 is 0 Å². The van der Waals surface area contributed by atoms with Gasteiger partial charge in [0.15, 0.2) is 0 Å². The van der Waals surface area contributed by atoms with Crippen molar-refractivity contribution >= 4 is 154 Å². The first kappa shape index (κ1) is 96.6. The zero-order chi connectivity index (χ0) is 95.5. The summed E-state index contributed by atoms with van der Waals surface area (Å²) < 4.78 is 0. The van der Waals surface area contributed by atoms with Crippen LogP contribution in [0.3, 0.4) is 0 Å². The molecule has 0 radical (unpaired) electrons. The maximum absolute atomic E-state index is 8.02. The van der Waals surface area contributed by atoms with Crippen molar-refractivity contribution in [1.29, 1.82) is 0 Å². The first-order valence-electron chi connectivity index (χ1n) is 46.5. The largest absolute Gasteiger partial charge is 0.340 e. The predicted molar refractivity (Wildman–Crippen MR) is 578 cm³/mol. The molecule has 0 bridgehead atoms. The minimum Gasteiger partial charge on any atom is -0.340 e. The van der Waals surface area contributed by atoms with E-state index >= 15 is 0 Å². The van der Waals surface area contributed by atoms with Crippen molar-refractivity contribution in [3.63, 3.8) is 0 Å². The Kier molecular flexibility index (Phi) is 28.3. The fourth-order valence-electron chi connectivity index (χ4n) is 16.6. The summed E-state index contributed by atoms with van der Waals surface area (Å²) in [5.74, 6) is 3.20. The number of para-hydroxylation sites is 2. The second-order valence-corrected chi connectivity index (χ2v) is 44.3. The highest BCUT2D eigenvalue weighted by atomic mass is 35.5. The van der Waals surface area contributed by atoms with E-state index in [-0.39, 0.29) is 43.3 Å². The maximum atomic E-state index is 8.02. The van der Waals surface area contributed by atoms with Crippen LogP contribution in [0.1, 0.15) is 211 Å². The summed E-state index contributed by atoms with van der Waals surface area (Å²) in [6.45, 7) is 53.8. The molecule has 0 saturated heterocycles. The lowest BCUT2D eigenvalue weighted by Gasteiger charge is -2.34. The van der Waals surface area contributed by atoms with Crippen LogP contribution in [-0.4, -0.2) is 9.97 Å². The van der Waals surface area contributed by atoms with E-state index in [9.17, 15) is 0 Å². The Morgan fingerprint density at radius 3 is 0.789 bits per heavy atom. The number of anilines is 17. The third-order valence-electron chi connectivity index (χ3n) is 24.7. The molecule has 0 fully saturated rings. The van der Waals surface area contributed by atoms with Gasteiger partial charge in [-0.15, -0.1) is 0 Å². The minimum absolute atomic E-state index is 0.00543. The summed E-state index contributed by atoms with van der Waals surface area (Å²) in [4.78, 5) is 21.9. The minimum atomic E-state index is -0.228. The molecule has 8 nitrogen and oxygen atoms in total. The standard InChI is InChI=1S/C61H65ClN4.C31H29N3.C30H37Cl2N/c1-58(2,3)43-28-34-48(35-29-43)64(49-36-30-44(31-37-49)59(4,5)6)53-40-46(61(10,11)12)41-54(57(53)62)66(47-22-14-13-15-23-47)56-27-19-26-55(63-56)65(50-38-32-45(33-39-50)60(7,8)9)52-25-18-21-42-20-16-17-24-51(42)52;1-31(2,3)24-19-21-26(22-20-24)34(28-16-9-12-23-11-7-8-15-27(23)28)30-18-10-17-29(33-30)32-25-13-5-4-6-14-25;1-28(2,3)20-10-14-23(15-11-20)33(24-16-12-21(13-17-24)29(4,5)6)26-19-22(30(7,8)9)18-25(31)27(26)32/h13-41H,1-12H3;4-22H,1-3H3,(H,32,33);10-19H,1-9H3. The van der Waals surface area contributed by atoms with Gasteiger partial charge in [0.25, 0.3) is 0 Å². The van der Waals surface area contributed by atoms with E-state index in [1.807, 2.05) is 42.5 Å². The third kappa shape index (κ3) is 22.7. The Hall–Kier alpha value is -12.4. The lowest BCUT2D eigenvalue weighted by Crippen LogP contribution is -2.20. The highest BCUT2D eigenvalue weighted by Crippen LogP contribution is 2.52. The average molecular weight is 1820 g/mol. The molecule has 0 spiro atoms. The highest BCUT2D eigenvalue weighted by Gasteiger charge is 2.32. The Bertz CT molecular complexity index is 6550. The molecule has 14 aromatic carbocycles. The summed E-state index contributed by atoms with van der Waals surface area (Å²) in [6, 6.07) is 125. The fourth-order valence-corrected chi connectivity index (χ4v) is 17.2. The summed E-state index contributed by atoms with van der Waals surface area (Å²) in [5.41, 5.74) is 23.0. The Morgan fingerprint density at radius 1 is 0.203 bits per heavy atom. The van der Waals surface area contributed by atoms with E-state index in [0.717, 1.165) is 119 Å². The van der Waals surface area contributed by atoms with Gasteiger partial charge in [0.1, 0.15) is 23.3 Å². The van der Waals surface area contributed by atoms with Crippen LogP contribution >= 0.6 is 34.8 Å². The van der Waals surface area contributed by atoms with Gasteiger partial charge < -0.3 is 15.1 Å². The third-order valence-corrected chi connectivity index (χ3v) is 25.8. The van der Waals surface area contributed by atoms with E-state index in [0.29, 0.717) is 15.1 Å². The van der Waals surface area contributed by atoms with E-state index in [1.54, 1.807) is 0 Å². The molecule has 0 aliphatic rings. The SMILES string of the molecule is CC(C)(C)c1ccc(N(c2ccc(C(C)(C)C)cc2)c2cc(C(C)(C)C)cc(Cl)c2Cl)cc1.CC(C)(C)c1ccc(N(c2ccc(C(C)(C)C)cc2)c2cc(C(C)(C)C)cc(N(c3ccccc3)c3cccc(N(c4ccc(C(C)(C)C)cc4)c4cccc5ccccc45)n3)c2Cl)cc1.CC(C)(C)c1ccc(N(c2cccc(Nc3ccccc3)n2)c2cccc3ccccc23)cc1. The molecule has 0 unspecified atom stereocenters. The average Bonchev–Trinajstić information content (AvgIpc) is 0.732. The zero-order valence-corrected chi connectivity index (χ0v) is 84.5. The van der Waals surface area contributed by atoms with Crippen molar-refractivity contribution in [2.45, 2.75) is 209 Å². The molecule has 16 rings (SSSR count). The zero-order valence-electron chi connectivity index (χ0n) is 82.3. The smallest absolute Gasteiger partial charge is 0.140 e. The van der Waals surface area contributed by atoms with Crippen molar-refractivity contribution in [3.05, 3.63) is 411 Å². The summed E-state index contributed by atoms with van der Waals surface area (Å²) in [7, 11) is 0. The van der Waals surface area contributed by atoms with Crippen LogP contribution in [0.2, 0.25) is 15.1 Å². The maximum Gasteiger partial charge on any atom is 0.140 e. The number of hydrogen-bond donors (Lipinski definition) is 1. The molecular formula is C122H131Cl3N8. The number of aromatic nitrogens is 2. The van der Waals surface area contributed by atoms with E-state index in [2.05, 4.69) is 505 Å². The van der Waals surface area contributed by atoms with E-state index in [1.165, 1.54) is 44.2 Å². The lowest BCUT2D eigenvalue weighted by molar-refractivity contribution is 0.589. The number of nitrogens with one attached hydrogen (secondary N) is 1. The second kappa shape index (κ2) is 39.0. The van der Waals surface area contributed by atoms with Crippen LogP contribution in [0.15, 0.2) is 352 Å². The van der Waals surface area contributed by atoms with E-state index < -0.39 is 0 Å². The van der Waals surface area contributed by atoms with E-state index in [4.69, 9.17) is 44.8 Å². The highest BCUT2D eigenvalue weighted by molar-refractivity contribution is 6.44. The van der Waals surface area contributed by atoms with Crippen molar-refractivity contribution < 1.29 is 0 Å². The molecule has 0 amide bonds. The molecule has 2 aromatic heterocycles. The summed E-state index contributed by atoms with van der Waals surface area (Å²) in [6.07, 6.45) is 0. The molecule has 680 valence electrons. The van der Waals surface area contributed by atoms with Gasteiger partial charge in [-0.1, -0.05) is 395 Å². The van der Waals surface area contributed by atoms with Gasteiger partial charge in [0, 0.05) is 56.3 Å². The Morgan fingerprint density at radius 2 is 0.451 bits per heavy atom. The summed E-state index contributed by atoms with van der Waals surface area (Å²) >= 11 is 21.5. The first-order chi connectivity index (χ1) is 62.8. The number of nitrogens with zero attached hydrogens (tertiary/aromatic N) is 7. The van der Waals surface area contributed by atoms with Gasteiger partial charge in [0.2, 0.25) is 0 Å². The van der Waals surface area contributed by atoms with Gasteiger partial charge in [-0.2, -0.15) is 0 Å². The van der Waals surface area contributed by atoms with Crippen LogP contribution in [-0.2, 0) is 43.3 Å². The molecule has 0 saturated carbocycles. The first-order valence-corrected chi connectivity index (χ1v) is 47.6. The number of halogens is 3. The Labute approximate surface area is 808 Å². The van der Waals surface area contributed by atoms with Crippen molar-refractivity contribution in [3.8, 4) is 0 Å². The van der Waals surface area contributed by atoms with Crippen molar-refractivity contribution in [1.82, 2.24) is 9.97 Å². The van der Waals surface area contributed by atoms with Crippen LogP contribution < -0.4 is 29.8 Å². The molecule has 0 aliphatic carbocycles. The molecule has 0 aliphatic heterocycles. The number of rotatable bonds is 17. The van der Waals surface area contributed by atoms with Gasteiger partial charge in [-0.25, -0.2) is 9.97 Å². The molecule has 2 heterocycles. The van der Waals surface area contributed by atoms with Crippen molar-refractivity contribution in [2.24, 2.45) is 0 Å². The lowest BCUT2D eigenvalue weighted by atomic mass is 9.85. The number of fused-ring (bicyclic) bond motifs is 2. The number of benzene rings is 14. The Balaban J connectivity index is 0.000000177. The normalized spacial score (nSPS) is 12.2. The quantitative estimate of drug-likeness (QED) is 0.0968. The van der Waals surface area contributed by atoms with Crippen LogP contribution in [0.4, 0.5) is 97.2 Å². The van der Waals surface area contributed by atoms with Gasteiger partial charge in [0.05, 0.1) is 43.5 Å². The molecule has 11 heteroatoms. The van der Waals surface area contributed by atoms with Gasteiger partial charge in [-0.3, -0.25) is 14.7 Å². The van der Waals surface area contributed by atoms with Gasteiger partial charge in [-0.05, 0) is 256 Å². The topological polar surface area (TPSA) is 54.0 Å². The molecule has 1 N–H and O–H groups in total. The van der Waals surface area contributed by atoms with Crippen LogP contribution in [0.25, 0.3) is 21.5 Å². The van der Waals surface area contributed by atoms with Crippen LogP contribution in [0.5, 0.6) is 0 Å². The predicted octanol–water partition coefficient (Wildman–Crippen LogP) is 37.6. The molecule has 16 aromatic rings. The fraction of sp³-hybridized carbons (Fsp3) is 0.262. The second-order valence-electron chi connectivity index (χ2n) is 43.1. The molecule has 0 atom stereocenters. The van der Waals surface area contributed by atoms with Crippen LogP contribution in [0, 0.1) is 0 Å². The van der Waals surface area contributed by atoms with Crippen molar-refractivity contribution in [2.75, 3.05) is 29.8 Å². The molecule has 133 heavy (non-hydrogen) atoms.